The lowest BCUT2D eigenvalue weighted by molar-refractivity contribution is -0.584. The molecule has 0 saturated carbocycles. The Hall–Kier alpha value is -2.12. The predicted octanol–water partition coefficient (Wildman–Crippen LogP) is 1.50. The Morgan fingerprint density at radius 2 is 2.10 bits per heavy atom. The zero-order valence-electron chi connectivity index (χ0n) is 11.0. The van der Waals surface area contributed by atoms with Gasteiger partial charge in [0.1, 0.15) is 10.9 Å². The van der Waals surface area contributed by atoms with Crippen molar-refractivity contribution in [3.63, 3.8) is 0 Å². The first-order chi connectivity index (χ1) is 10.2. The molecule has 0 unspecified atom stereocenters. The fraction of sp³-hybridized carbons (Fsp3) is 0.308. The molecule has 8 heteroatoms. The maximum Gasteiger partial charge on any atom is 0.394 e. The van der Waals surface area contributed by atoms with Crippen molar-refractivity contribution in [2.24, 2.45) is 0 Å². The first kappa shape index (κ1) is 12.6. The molecule has 0 amide bonds. The second-order valence-corrected chi connectivity index (χ2v) is 5.09. The van der Waals surface area contributed by atoms with Crippen LogP contribution in [-0.2, 0) is 4.74 Å². The minimum Gasteiger partial charge on any atom is -0.616 e. The minimum absolute atomic E-state index is 0.132. The SMILES string of the molecule is [O-][n+]1cccc2c3nc(Cl)nc(N4CCOCC4)c3oc21. The second kappa shape index (κ2) is 4.71. The average molecular weight is 307 g/mol. The van der Waals surface area contributed by atoms with E-state index in [4.69, 9.17) is 20.8 Å². The van der Waals surface area contributed by atoms with Crippen LogP contribution in [0.1, 0.15) is 0 Å². The van der Waals surface area contributed by atoms with Crippen molar-refractivity contribution < 1.29 is 13.9 Å². The molecule has 4 rings (SSSR count). The van der Waals surface area contributed by atoms with E-state index in [0.29, 0.717) is 53.3 Å². The summed E-state index contributed by atoms with van der Waals surface area (Å²) in [5, 5.41) is 12.6. The van der Waals surface area contributed by atoms with Crippen molar-refractivity contribution in [2.45, 2.75) is 0 Å². The van der Waals surface area contributed by atoms with Crippen LogP contribution in [0.15, 0.2) is 22.7 Å². The van der Waals surface area contributed by atoms with Crippen LogP contribution in [0.3, 0.4) is 0 Å². The van der Waals surface area contributed by atoms with Crippen molar-refractivity contribution in [1.29, 1.82) is 0 Å². The average Bonchev–Trinajstić information content (AvgIpc) is 2.88. The number of aromatic nitrogens is 3. The van der Waals surface area contributed by atoms with Gasteiger partial charge in [0.25, 0.3) is 0 Å². The van der Waals surface area contributed by atoms with E-state index >= 15 is 0 Å². The normalized spacial score (nSPS) is 16.0. The van der Waals surface area contributed by atoms with Crippen molar-refractivity contribution in [3.05, 3.63) is 28.8 Å². The third-order valence-corrected chi connectivity index (χ3v) is 3.67. The molecule has 21 heavy (non-hydrogen) atoms. The molecule has 4 heterocycles. The molecule has 1 saturated heterocycles. The van der Waals surface area contributed by atoms with Crippen LogP contribution in [0.5, 0.6) is 0 Å². The quantitative estimate of drug-likeness (QED) is 0.385. The van der Waals surface area contributed by atoms with Gasteiger partial charge in [-0.05, 0) is 17.7 Å². The van der Waals surface area contributed by atoms with Crippen molar-refractivity contribution in [2.75, 3.05) is 31.2 Å². The molecule has 3 aromatic heterocycles. The van der Waals surface area contributed by atoms with Gasteiger partial charge in [0.05, 0.1) is 13.2 Å². The van der Waals surface area contributed by atoms with Gasteiger partial charge in [-0.3, -0.25) is 0 Å². The van der Waals surface area contributed by atoms with Crippen LogP contribution in [0.25, 0.3) is 22.2 Å². The lowest BCUT2D eigenvalue weighted by Gasteiger charge is -2.27. The summed E-state index contributed by atoms with van der Waals surface area (Å²) in [6, 6.07) is 3.43. The number of halogens is 1. The maximum atomic E-state index is 11.8. The molecule has 0 spiro atoms. The number of hydrogen-bond donors (Lipinski definition) is 0. The van der Waals surface area contributed by atoms with Gasteiger partial charge < -0.3 is 19.3 Å². The van der Waals surface area contributed by atoms with E-state index in [9.17, 15) is 5.21 Å². The molecule has 0 bridgehead atoms. The van der Waals surface area contributed by atoms with Gasteiger partial charge in [0, 0.05) is 19.2 Å². The Morgan fingerprint density at radius 3 is 2.90 bits per heavy atom. The van der Waals surface area contributed by atoms with Crippen molar-refractivity contribution >= 4 is 39.6 Å². The van der Waals surface area contributed by atoms with Crippen LogP contribution in [-0.4, -0.2) is 36.3 Å². The summed E-state index contributed by atoms with van der Waals surface area (Å²) in [6.45, 7) is 2.61. The van der Waals surface area contributed by atoms with Gasteiger partial charge in [-0.1, -0.05) is 0 Å². The molecular weight excluding hydrogens is 296 g/mol. The summed E-state index contributed by atoms with van der Waals surface area (Å²) >= 11 is 6.03. The van der Waals surface area contributed by atoms with Gasteiger partial charge >= 0.3 is 5.71 Å². The molecule has 1 aliphatic heterocycles. The molecule has 108 valence electrons. The summed E-state index contributed by atoms with van der Waals surface area (Å²) in [5.41, 5.74) is 1.24. The monoisotopic (exact) mass is 306 g/mol. The van der Waals surface area contributed by atoms with Crippen LogP contribution >= 0.6 is 11.6 Å². The standard InChI is InChI=1S/C13H11ClN4O3/c14-13-15-9-8-2-1-3-18(19)12(8)21-10(9)11(16-13)17-4-6-20-7-5-17/h1-3H,4-7H2. The van der Waals surface area contributed by atoms with E-state index in [0.717, 1.165) is 0 Å². The molecular formula is C13H11ClN4O3. The van der Waals surface area contributed by atoms with Crippen LogP contribution in [0.2, 0.25) is 5.28 Å². The number of morpholine rings is 1. The Bertz CT molecular complexity index is 829. The summed E-state index contributed by atoms with van der Waals surface area (Å²) in [7, 11) is 0. The lowest BCUT2D eigenvalue weighted by atomic mass is 10.3. The van der Waals surface area contributed by atoms with E-state index in [1.54, 1.807) is 12.1 Å². The highest BCUT2D eigenvalue weighted by Crippen LogP contribution is 2.32. The molecule has 0 radical (unpaired) electrons. The minimum atomic E-state index is 0.132. The molecule has 0 atom stereocenters. The summed E-state index contributed by atoms with van der Waals surface area (Å²) in [6.07, 6.45) is 1.38. The number of nitrogens with zero attached hydrogens (tertiary/aromatic N) is 4. The zero-order chi connectivity index (χ0) is 14.4. The molecule has 7 nitrogen and oxygen atoms in total. The molecule has 0 N–H and O–H groups in total. The largest absolute Gasteiger partial charge is 0.616 e. The second-order valence-electron chi connectivity index (χ2n) is 4.75. The Balaban J connectivity index is 2.02. The maximum absolute atomic E-state index is 11.8. The molecule has 0 aliphatic carbocycles. The number of rotatable bonds is 1. The molecule has 1 aliphatic rings. The smallest absolute Gasteiger partial charge is 0.394 e. The number of anilines is 1. The van der Waals surface area contributed by atoms with Gasteiger partial charge in [-0.15, -0.1) is 4.73 Å². The highest BCUT2D eigenvalue weighted by atomic mass is 35.5. The first-order valence-electron chi connectivity index (χ1n) is 6.54. The van der Waals surface area contributed by atoms with Crippen molar-refractivity contribution in [1.82, 2.24) is 9.97 Å². The molecule has 3 aromatic rings. The molecule has 1 fully saturated rings. The topological polar surface area (TPSA) is 78.3 Å². The lowest BCUT2D eigenvalue weighted by Crippen LogP contribution is -2.36. The summed E-state index contributed by atoms with van der Waals surface area (Å²) in [4.78, 5) is 10.5. The number of pyridine rings is 1. The third kappa shape index (κ3) is 1.97. The Kier molecular flexibility index (Phi) is 2.83. The number of hydrogen-bond acceptors (Lipinski definition) is 6. The van der Waals surface area contributed by atoms with Gasteiger partial charge in [0.15, 0.2) is 12.0 Å². The third-order valence-electron chi connectivity index (χ3n) is 3.50. The number of fused-ring (bicyclic) bond motifs is 3. The van der Waals surface area contributed by atoms with Gasteiger partial charge in [-0.2, -0.15) is 4.98 Å². The van der Waals surface area contributed by atoms with E-state index in [1.165, 1.54) is 6.20 Å². The van der Waals surface area contributed by atoms with Crippen LogP contribution < -0.4 is 9.63 Å². The highest BCUT2D eigenvalue weighted by Gasteiger charge is 2.24. The van der Waals surface area contributed by atoms with Crippen LogP contribution in [0, 0.1) is 5.21 Å². The number of furan rings is 1. The number of ether oxygens (including phenoxy) is 1. The van der Waals surface area contributed by atoms with Gasteiger partial charge in [-0.25, -0.2) is 4.98 Å². The summed E-state index contributed by atoms with van der Waals surface area (Å²) < 4.78 is 11.7. The Morgan fingerprint density at radius 1 is 1.29 bits per heavy atom. The van der Waals surface area contributed by atoms with Crippen LogP contribution in [0.4, 0.5) is 5.82 Å². The van der Waals surface area contributed by atoms with Crippen molar-refractivity contribution in [3.8, 4) is 0 Å². The highest BCUT2D eigenvalue weighted by molar-refractivity contribution is 6.29. The van der Waals surface area contributed by atoms with E-state index in [-0.39, 0.29) is 11.0 Å². The molecule has 0 aromatic carbocycles. The van der Waals surface area contributed by atoms with Gasteiger partial charge in [0.2, 0.25) is 10.9 Å². The fourth-order valence-corrected chi connectivity index (χ4v) is 2.69. The fourth-order valence-electron chi connectivity index (χ4n) is 2.53. The zero-order valence-corrected chi connectivity index (χ0v) is 11.7. The first-order valence-corrected chi connectivity index (χ1v) is 6.92. The summed E-state index contributed by atoms with van der Waals surface area (Å²) in [5.74, 6) is 0.601. The Labute approximate surface area is 124 Å². The predicted molar refractivity (Wildman–Crippen MR) is 76.3 cm³/mol. The van der Waals surface area contributed by atoms with E-state index in [1.807, 2.05) is 4.90 Å². The van der Waals surface area contributed by atoms with E-state index < -0.39 is 0 Å². The van der Waals surface area contributed by atoms with E-state index in [2.05, 4.69) is 9.97 Å².